The Labute approximate surface area is 187 Å². The van der Waals surface area contributed by atoms with Crippen LogP contribution in [0.1, 0.15) is 47.0 Å². The van der Waals surface area contributed by atoms with Gasteiger partial charge >= 0.3 is 6.03 Å². The second kappa shape index (κ2) is 9.85. The Bertz CT molecular complexity index is 1060. The molecular weight excluding hydrogens is 383 g/mol. The van der Waals surface area contributed by atoms with Gasteiger partial charge in [-0.15, -0.1) is 0 Å². The fourth-order valence-electron chi connectivity index (χ4n) is 2.87. The molecule has 2 amide bonds. The van der Waals surface area contributed by atoms with Crippen LogP contribution in [0.5, 0.6) is 0 Å². The predicted molar refractivity (Wildman–Crippen MR) is 113 cm³/mol. The van der Waals surface area contributed by atoms with E-state index in [-0.39, 0.29) is 22.6 Å². The average Bonchev–Trinajstić information content (AvgIpc) is 2.84. The van der Waals surface area contributed by atoms with Crippen molar-refractivity contribution in [3.63, 3.8) is 0 Å². The molecule has 1 saturated carbocycles. The van der Waals surface area contributed by atoms with Crippen LogP contribution in [0.2, 0.25) is 10.0 Å². The van der Waals surface area contributed by atoms with Crippen LogP contribution < -0.4 is 15.5 Å². The zero-order valence-corrected chi connectivity index (χ0v) is 16.5. The largest absolute Gasteiger partial charge is 0.368 e. The first-order chi connectivity index (χ1) is 17.2. The Morgan fingerprint density at radius 2 is 2.00 bits per heavy atom. The van der Waals surface area contributed by atoms with E-state index in [1.165, 1.54) is 6.07 Å². The Hall–Kier alpha value is -1.17. The van der Waals surface area contributed by atoms with Crippen molar-refractivity contribution in [2.45, 2.75) is 37.9 Å². The number of urea groups is 1. The van der Waals surface area contributed by atoms with Gasteiger partial charge in [0.1, 0.15) is 0 Å². The van der Waals surface area contributed by atoms with Gasteiger partial charge in [0.05, 0.1) is 18.5 Å². The van der Waals surface area contributed by atoms with Gasteiger partial charge in [-0.2, -0.15) is 0 Å². The number of hydrogen-bond donors (Lipinski definition) is 2. The lowest BCUT2D eigenvalue weighted by molar-refractivity contribution is 0.206. The molecule has 3 rings (SSSR count). The molecule has 1 heterocycles. The molecule has 1 aliphatic heterocycles. The van der Waals surface area contributed by atoms with Crippen molar-refractivity contribution in [1.82, 2.24) is 15.5 Å². The zero-order valence-electron chi connectivity index (χ0n) is 26.0. The Balaban J connectivity index is 1.83. The summed E-state index contributed by atoms with van der Waals surface area (Å²) in [6.07, 6.45) is -14.4. The van der Waals surface area contributed by atoms with Gasteiger partial charge in [0.25, 0.3) is 0 Å². The maximum atomic E-state index is 12.0. The van der Waals surface area contributed by atoms with Crippen LogP contribution in [0.25, 0.3) is 0 Å². The maximum Gasteiger partial charge on any atom is 0.314 e. The van der Waals surface area contributed by atoms with E-state index in [2.05, 4.69) is 5.32 Å². The number of benzene rings is 1. The van der Waals surface area contributed by atoms with Crippen LogP contribution >= 0.6 is 23.2 Å². The molecule has 1 saturated heterocycles. The smallest absolute Gasteiger partial charge is 0.314 e. The summed E-state index contributed by atoms with van der Waals surface area (Å²) in [4.78, 5) is 15.7. The number of nitrogens with zero attached hydrogens (tertiary/aromatic N) is 2. The number of carbonyl (C=O) groups excluding carboxylic acids is 1. The van der Waals surface area contributed by atoms with Crippen LogP contribution in [-0.4, -0.2) is 56.7 Å². The number of piperazine rings is 1. The Morgan fingerprint density at radius 3 is 2.67 bits per heavy atom. The molecule has 2 N–H and O–H groups in total. The first kappa shape index (κ1) is 10.6. The van der Waals surface area contributed by atoms with E-state index in [9.17, 15) is 4.79 Å². The number of halogens is 2. The second-order valence-electron chi connectivity index (χ2n) is 6.13. The third kappa shape index (κ3) is 5.66. The average molecular weight is 424 g/mol. The molecule has 0 radical (unpaired) electrons. The number of hydrogen-bond acceptors (Lipinski definition) is 3. The highest BCUT2D eigenvalue weighted by Crippen LogP contribution is 2.33. The molecule has 27 heavy (non-hydrogen) atoms. The first-order valence-corrected chi connectivity index (χ1v) is 9.41. The van der Waals surface area contributed by atoms with Gasteiger partial charge in [0.15, 0.2) is 0 Å². The van der Waals surface area contributed by atoms with Crippen molar-refractivity contribution in [1.29, 1.82) is 0 Å². The lowest BCUT2D eigenvalue weighted by atomic mass is 9.84. The predicted octanol–water partition coefficient (Wildman–Crippen LogP) is 3.99. The molecule has 1 aromatic rings. The molecule has 1 aliphatic carbocycles. The molecule has 1 aromatic carbocycles. The maximum absolute atomic E-state index is 12.0. The van der Waals surface area contributed by atoms with Crippen molar-refractivity contribution >= 4 is 34.9 Å². The topological polar surface area (TPSA) is 47.6 Å². The Kier molecular flexibility index (Phi) is 3.85. The molecule has 0 spiro atoms. The van der Waals surface area contributed by atoms with E-state index in [1.807, 2.05) is 9.80 Å². The van der Waals surface area contributed by atoms with E-state index in [1.54, 1.807) is 11.4 Å². The van der Waals surface area contributed by atoms with E-state index in [0.717, 1.165) is 7.05 Å². The summed E-state index contributed by atoms with van der Waals surface area (Å²) in [6.45, 7) is 1.66. The third-order valence-electron chi connectivity index (χ3n) is 4.40. The molecule has 0 atom stereocenters. The standard InChI is InChI=1S/C20H30Cl2N4O/c1-23-20(27)24-16-7-5-15(6-8-16)9-10-25-11-13-26(14-12-25)18-4-2-3-17(21)19(18)22/h2-4,15-16H,5-14H2,1H3,(H2,23,24,27)/i3D,5D2,6D2,7D2,8D2,15D,16D. The molecule has 0 unspecified atom stereocenters. The van der Waals surface area contributed by atoms with Crippen LogP contribution in [0.3, 0.4) is 0 Å². The van der Waals surface area contributed by atoms with Crippen molar-refractivity contribution in [3.05, 3.63) is 28.2 Å². The monoisotopic (exact) mass is 423 g/mol. The van der Waals surface area contributed by atoms with Crippen molar-refractivity contribution in [3.8, 4) is 0 Å². The van der Waals surface area contributed by atoms with Gasteiger partial charge in [-0.25, -0.2) is 4.79 Å². The highest BCUT2D eigenvalue weighted by Gasteiger charge is 2.24. The van der Waals surface area contributed by atoms with Crippen LogP contribution in [0.4, 0.5) is 10.5 Å². The number of nitrogens with one attached hydrogen (secondary N) is 2. The van der Waals surface area contributed by atoms with Crippen LogP contribution in [-0.2, 0) is 0 Å². The van der Waals surface area contributed by atoms with E-state index >= 15 is 0 Å². The Morgan fingerprint density at radius 1 is 1.30 bits per heavy atom. The quantitative estimate of drug-likeness (QED) is 0.752. The molecule has 2 aliphatic rings. The van der Waals surface area contributed by atoms with Crippen LogP contribution in [0, 0.1) is 5.89 Å². The molecule has 0 bridgehead atoms. The summed E-state index contributed by atoms with van der Waals surface area (Å²) in [5.74, 6) is -2.96. The minimum atomic E-state index is -3.50. The molecule has 5 nitrogen and oxygen atoms in total. The zero-order chi connectivity index (χ0) is 29.1. The van der Waals surface area contributed by atoms with Crippen molar-refractivity contribution in [2.24, 2.45) is 5.89 Å². The van der Waals surface area contributed by atoms with Crippen molar-refractivity contribution < 1.29 is 19.9 Å². The first-order valence-electron chi connectivity index (χ1n) is 14.2. The lowest BCUT2D eigenvalue weighted by Gasteiger charge is -2.37. The minimum Gasteiger partial charge on any atom is -0.368 e. The van der Waals surface area contributed by atoms with Gasteiger partial charge in [0.2, 0.25) is 0 Å². The number of carbonyl (C=O) groups is 1. The summed E-state index contributed by atoms with van der Waals surface area (Å²) in [5.41, 5.74) is 0.640. The van der Waals surface area contributed by atoms with Gasteiger partial charge < -0.3 is 15.5 Å². The van der Waals surface area contributed by atoms with Gasteiger partial charge in [-0.05, 0) is 56.5 Å². The highest BCUT2D eigenvalue weighted by molar-refractivity contribution is 6.43. The normalized spacial score (nSPS) is 42.8. The minimum absolute atomic E-state index is 0.0451. The van der Waals surface area contributed by atoms with Crippen molar-refractivity contribution in [2.75, 3.05) is 44.7 Å². The summed E-state index contributed by atoms with van der Waals surface area (Å²) in [7, 11) is 1.14. The van der Waals surface area contributed by atoms with Gasteiger partial charge in [-0.1, -0.05) is 29.3 Å². The lowest BCUT2D eigenvalue weighted by Crippen LogP contribution is -2.47. The molecule has 150 valence electrons. The molecular formula is C20H30Cl2N4O. The third-order valence-corrected chi connectivity index (χ3v) is 5.18. The number of amides is 2. The molecule has 2 fully saturated rings. The fraction of sp³-hybridized carbons (Fsp3) is 0.650. The number of anilines is 1. The summed E-state index contributed by atoms with van der Waals surface area (Å²) in [6, 6.07) is -1.27. The molecule has 7 heteroatoms. The van der Waals surface area contributed by atoms with E-state index < -0.39 is 49.9 Å². The number of rotatable bonds is 5. The summed E-state index contributed by atoms with van der Waals surface area (Å²) in [5, 5.41) is 4.19. The summed E-state index contributed by atoms with van der Waals surface area (Å²) >= 11 is 12.4. The van der Waals surface area contributed by atoms with E-state index in [0.29, 0.717) is 31.9 Å². The second-order valence-corrected chi connectivity index (χ2v) is 6.88. The van der Waals surface area contributed by atoms with Gasteiger partial charge in [-0.3, -0.25) is 4.90 Å². The fourth-order valence-corrected chi connectivity index (χ4v) is 3.27. The summed E-state index contributed by atoms with van der Waals surface area (Å²) < 4.78 is 92.9. The highest BCUT2D eigenvalue weighted by atomic mass is 35.5. The van der Waals surface area contributed by atoms with Gasteiger partial charge in [0, 0.05) is 51.6 Å². The van der Waals surface area contributed by atoms with E-state index in [4.69, 9.17) is 38.3 Å². The SMILES string of the molecule is [2H]c1ccc(N2CCN(CCC3([2H])C([2H])([2H])C([2H])([2H])C([2H])(NC(=O)NC)C([2H])([2H])C3([2H])[2H])CC2)c(Cl)c1Cl. The molecule has 0 aromatic heterocycles. The van der Waals surface area contributed by atoms with Crippen LogP contribution in [0.15, 0.2) is 18.2 Å².